The maximum absolute atomic E-state index is 11.1. The van der Waals surface area contributed by atoms with E-state index < -0.39 is 5.91 Å². The summed E-state index contributed by atoms with van der Waals surface area (Å²) in [6.45, 7) is 2.66. The summed E-state index contributed by atoms with van der Waals surface area (Å²) in [4.78, 5) is 11.1. The van der Waals surface area contributed by atoms with Crippen molar-refractivity contribution in [2.24, 2.45) is 11.6 Å². The molecule has 0 saturated carbocycles. The predicted octanol–water partition coefficient (Wildman–Crippen LogP) is -1.04. The highest BCUT2D eigenvalue weighted by Crippen LogP contribution is 2.02. The quantitative estimate of drug-likeness (QED) is 0.255. The fraction of sp³-hybridized carbons (Fsp3) is 0.625. The van der Waals surface area contributed by atoms with Crippen molar-refractivity contribution >= 4 is 17.7 Å². The molecule has 1 aromatic heterocycles. The first-order chi connectivity index (χ1) is 7.63. The Morgan fingerprint density at radius 3 is 3.12 bits per heavy atom. The smallest absolute Gasteiger partial charge is 0.287 e. The third-order valence-corrected chi connectivity index (χ3v) is 2.98. The van der Waals surface area contributed by atoms with Crippen molar-refractivity contribution in [3.8, 4) is 0 Å². The van der Waals surface area contributed by atoms with E-state index in [1.807, 2.05) is 12.3 Å². The van der Waals surface area contributed by atoms with Gasteiger partial charge in [0.15, 0.2) is 5.69 Å². The van der Waals surface area contributed by atoms with Gasteiger partial charge >= 0.3 is 0 Å². The van der Waals surface area contributed by atoms with Gasteiger partial charge in [0.2, 0.25) is 0 Å². The number of hydrazine groups is 1. The van der Waals surface area contributed by atoms with Crippen molar-refractivity contribution in [3.05, 3.63) is 11.9 Å². The number of hydrogen-bond acceptors (Lipinski definition) is 6. The second kappa shape index (κ2) is 6.46. The molecule has 1 aromatic rings. The van der Waals surface area contributed by atoms with E-state index in [0.29, 0.717) is 6.54 Å². The molecule has 0 aliphatic heterocycles. The number of aryl methyl sites for hydroxylation is 1. The van der Waals surface area contributed by atoms with Gasteiger partial charge in [-0.05, 0) is 6.92 Å². The maximum atomic E-state index is 11.1. The Kier molecular flexibility index (Phi) is 5.23. The van der Waals surface area contributed by atoms with Gasteiger partial charge in [0.1, 0.15) is 0 Å². The average molecular weight is 244 g/mol. The lowest BCUT2D eigenvalue weighted by atomic mass is 10.4. The van der Waals surface area contributed by atoms with Gasteiger partial charge in [-0.1, -0.05) is 5.21 Å². The second-order valence-electron chi connectivity index (χ2n) is 3.39. The van der Waals surface area contributed by atoms with Crippen molar-refractivity contribution in [1.82, 2.24) is 20.4 Å². The molecule has 0 saturated heterocycles. The summed E-state index contributed by atoms with van der Waals surface area (Å²) in [5.74, 6) is 6.33. The maximum Gasteiger partial charge on any atom is 0.287 e. The predicted molar refractivity (Wildman–Crippen MR) is 62.7 cm³/mol. The van der Waals surface area contributed by atoms with Gasteiger partial charge in [0.25, 0.3) is 5.91 Å². The molecule has 0 bridgehead atoms. The number of nitrogens with one attached hydrogen (secondary N) is 1. The van der Waals surface area contributed by atoms with Crippen LogP contribution in [0.3, 0.4) is 0 Å². The first kappa shape index (κ1) is 12.9. The number of nitrogens with zero attached hydrogens (tertiary/aromatic N) is 3. The molecule has 0 aliphatic carbocycles. The van der Waals surface area contributed by atoms with Crippen LogP contribution < -0.4 is 17.0 Å². The lowest BCUT2D eigenvalue weighted by molar-refractivity contribution is 0.0948. The summed E-state index contributed by atoms with van der Waals surface area (Å²) in [5.41, 5.74) is 7.83. The number of aromatic nitrogens is 3. The van der Waals surface area contributed by atoms with Crippen LogP contribution in [0.1, 0.15) is 17.4 Å². The highest BCUT2D eigenvalue weighted by Gasteiger charge is 2.08. The molecule has 1 amide bonds. The van der Waals surface area contributed by atoms with Crippen LogP contribution in [0.4, 0.5) is 0 Å². The van der Waals surface area contributed by atoms with E-state index in [0.717, 1.165) is 11.5 Å². The minimum absolute atomic E-state index is 0.194. The Labute approximate surface area is 97.9 Å². The summed E-state index contributed by atoms with van der Waals surface area (Å²) in [6, 6.07) is 0.194. The second-order valence-corrected chi connectivity index (χ2v) is 4.54. The fourth-order valence-corrected chi connectivity index (χ4v) is 1.87. The summed E-state index contributed by atoms with van der Waals surface area (Å²) in [5, 5.41) is 7.50. The van der Waals surface area contributed by atoms with Gasteiger partial charge < -0.3 is 5.73 Å². The molecule has 1 atom stereocenters. The number of amides is 1. The minimum atomic E-state index is -0.436. The van der Waals surface area contributed by atoms with E-state index in [4.69, 9.17) is 11.6 Å². The number of carbonyl (C=O) groups excluding carboxylic acids is 1. The summed E-state index contributed by atoms with van der Waals surface area (Å²) in [6.07, 6.45) is 1.56. The molecule has 1 heterocycles. The molecule has 7 nitrogen and oxygen atoms in total. The van der Waals surface area contributed by atoms with Crippen molar-refractivity contribution in [1.29, 1.82) is 0 Å². The molecule has 8 heteroatoms. The van der Waals surface area contributed by atoms with Crippen molar-refractivity contribution in [3.63, 3.8) is 0 Å². The third kappa shape index (κ3) is 4.17. The molecule has 0 fully saturated rings. The van der Waals surface area contributed by atoms with E-state index in [1.54, 1.807) is 22.6 Å². The van der Waals surface area contributed by atoms with Crippen LogP contribution in [0.2, 0.25) is 0 Å². The van der Waals surface area contributed by atoms with Gasteiger partial charge in [0.05, 0.1) is 12.7 Å². The van der Waals surface area contributed by atoms with E-state index in [-0.39, 0.29) is 11.7 Å². The van der Waals surface area contributed by atoms with Crippen LogP contribution in [0, 0.1) is 0 Å². The molecule has 1 rings (SSSR count). The van der Waals surface area contributed by atoms with E-state index in [9.17, 15) is 4.79 Å². The van der Waals surface area contributed by atoms with Crippen molar-refractivity contribution in [2.75, 3.05) is 11.5 Å². The number of nitrogens with two attached hydrogens (primary N) is 2. The van der Waals surface area contributed by atoms with Gasteiger partial charge in [0, 0.05) is 17.5 Å². The first-order valence-corrected chi connectivity index (χ1v) is 6.03. The molecule has 0 aliphatic rings. The molecular weight excluding hydrogens is 228 g/mol. The molecule has 90 valence electrons. The Hall–Kier alpha value is -1.12. The number of nitrogen functional groups attached to an aromatic ring is 1. The molecule has 0 radical (unpaired) electrons. The highest BCUT2D eigenvalue weighted by atomic mass is 32.2. The van der Waals surface area contributed by atoms with Crippen LogP contribution in [0.25, 0.3) is 0 Å². The van der Waals surface area contributed by atoms with E-state index >= 15 is 0 Å². The van der Waals surface area contributed by atoms with Gasteiger partial charge in [-0.15, -0.1) is 5.10 Å². The largest absolute Gasteiger partial charge is 0.327 e. The lowest BCUT2D eigenvalue weighted by Gasteiger charge is -2.03. The van der Waals surface area contributed by atoms with E-state index in [1.165, 1.54) is 0 Å². The number of rotatable bonds is 6. The fourth-order valence-electron chi connectivity index (χ4n) is 1.01. The van der Waals surface area contributed by atoms with Crippen LogP contribution in [-0.2, 0) is 6.54 Å². The first-order valence-electron chi connectivity index (χ1n) is 4.88. The molecule has 1 unspecified atom stereocenters. The summed E-state index contributed by atoms with van der Waals surface area (Å²) >= 11 is 1.74. The van der Waals surface area contributed by atoms with Crippen LogP contribution >= 0.6 is 11.8 Å². The molecule has 16 heavy (non-hydrogen) atoms. The van der Waals surface area contributed by atoms with Crippen LogP contribution in [-0.4, -0.2) is 38.4 Å². The van der Waals surface area contributed by atoms with E-state index in [2.05, 4.69) is 10.3 Å². The van der Waals surface area contributed by atoms with Gasteiger partial charge in [-0.2, -0.15) is 11.8 Å². The highest BCUT2D eigenvalue weighted by molar-refractivity contribution is 7.99. The Bertz CT molecular complexity index is 339. The Balaban J connectivity index is 2.32. The molecule has 5 N–H and O–H groups in total. The van der Waals surface area contributed by atoms with Crippen molar-refractivity contribution < 1.29 is 4.79 Å². The van der Waals surface area contributed by atoms with Gasteiger partial charge in [-0.25, -0.2) is 5.84 Å². The number of hydrogen-bond donors (Lipinski definition) is 3. The Morgan fingerprint density at radius 2 is 2.50 bits per heavy atom. The zero-order valence-corrected chi connectivity index (χ0v) is 9.91. The lowest BCUT2D eigenvalue weighted by Crippen LogP contribution is -2.30. The zero-order valence-electron chi connectivity index (χ0n) is 9.09. The SMILES string of the molecule is CC(N)CSCCn1cc(C(=O)NN)nn1. The standard InChI is InChI=1S/C8H16N6OS/c1-6(9)5-16-3-2-14-4-7(12-13-14)8(15)11-10/h4,6H,2-3,5,9-10H2,1H3,(H,11,15). The monoisotopic (exact) mass is 244 g/mol. The van der Waals surface area contributed by atoms with Crippen molar-refractivity contribution in [2.45, 2.75) is 19.5 Å². The molecule has 0 spiro atoms. The summed E-state index contributed by atoms with van der Waals surface area (Å²) < 4.78 is 1.61. The number of thioether (sulfide) groups is 1. The topological polar surface area (TPSA) is 112 Å². The van der Waals surface area contributed by atoms with Crippen LogP contribution in [0.5, 0.6) is 0 Å². The van der Waals surface area contributed by atoms with Crippen LogP contribution in [0.15, 0.2) is 6.20 Å². The Morgan fingerprint density at radius 1 is 1.75 bits per heavy atom. The summed E-state index contributed by atoms with van der Waals surface area (Å²) in [7, 11) is 0. The normalized spacial score (nSPS) is 12.4. The van der Waals surface area contributed by atoms with Gasteiger partial charge in [-0.3, -0.25) is 14.9 Å². The minimum Gasteiger partial charge on any atom is -0.327 e. The average Bonchev–Trinajstić information content (AvgIpc) is 2.71. The zero-order chi connectivity index (χ0) is 12.0. The number of carbonyl (C=O) groups is 1. The molecule has 0 aromatic carbocycles. The molecular formula is C8H16N6OS. The third-order valence-electron chi connectivity index (χ3n) is 1.75.